The van der Waals surface area contributed by atoms with Gasteiger partial charge in [-0.25, -0.2) is 9.78 Å². The molecule has 1 unspecified atom stereocenters. The number of nitrogens with one attached hydrogen (secondary N) is 1. The Morgan fingerprint density at radius 2 is 1.86 bits per heavy atom. The van der Waals surface area contributed by atoms with Crippen LogP contribution in [0.25, 0.3) is 5.57 Å². The van der Waals surface area contributed by atoms with Crippen molar-refractivity contribution in [2.45, 2.75) is 25.2 Å². The van der Waals surface area contributed by atoms with Gasteiger partial charge in [0.15, 0.2) is 5.72 Å². The summed E-state index contributed by atoms with van der Waals surface area (Å²) in [5.41, 5.74) is 7.34. The highest BCUT2D eigenvalue weighted by Gasteiger charge is 2.38. The summed E-state index contributed by atoms with van der Waals surface area (Å²) in [5.74, 6) is -2.07. The molecule has 3 rings (SSSR count). The number of carboxylic acids is 1. The van der Waals surface area contributed by atoms with E-state index in [4.69, 9.17) is 15.6 Å². The number of benzene rings is 1. The van der Waals surface area contributed by atoms with Crippen molar-refractivity contribution >= 4 is 23.3 Å². The van der Waals surface area contributed by atoms with Crippen LogP contribution < -0.4 is 11.1 Å². The smallest absolute Gasteiger partial charge is 0.475 e. The number of aliphatic hydroxyl groups is 1. The van der Waals surface area contributed by atoms with Gasteiger partial charge in [0.25, 0.3) is 0 Å². The van der Waals surface area contributed by atoms with E-state index >= 15 is 0 Å². The minimum atomic E-state index is -5.08. The summed E-state index contributed by atoms with van der Waals surface area (Å²) < 4.78 is 31.7. The molecule has 10 heteroatoms. The maximum atomic E-state index is 10.8. The van der Waals surface area contributed by atoms with E-state index in [-0.39, 0.29) is 5.95 Å². The first kappa shape index (κ1) is 21.9. The Hall–Kier alpha value is -3.40. The first-order valence-electron chi connectivity index (χ1n) is 8.34. The van der Waals surface area contributed by atoms with Gasteiger partial charge in [0.1, 0.15) is 5.82 Å². The molecule has 1 aliphatic carbocycles. The number of anilines is 2. The summed E-state index contributed by atoms with van der Waals surface area (Å²) in [5, 5.41) is 21.0. The lowest BCUT2D eigenvalue weighted by Crippen LogP contribution is -2.37. The number of allylic oxidation sites excluding steroid dienone is 2. The Balaban J connectivity index is 0.000000370. The van der Waals surface area contributed by atoms with E-state index in [0.29, 0.717) is 12.2 Å². The number of aryl methyl sites for hydroxylation is 1. The number of hydrogen-bond donors (Lipinski definition) is 4. The van der Waals surface area contributed by atoms with Gasteiger partial charge in [-0.1, -0.05) is 42.5 Å². The topological polar surface area (TPSA) is 121 Å². The number of rotatable bonds is 3. The Morgan fingerprint density at radius 1 is 1.24 bits per heavy atom. The number of hydrogen-bond acceptors (Lipinski definition) is 6. The number of nitrogens with two attached hydrogens (primary N) is 1. The molecular formula is C19H19F3N4O3. The highest BCUT2D eigenvalue weighted by atomic mass is 19.4. The first-order valence-corrected chi connectivity index (χ1v) is 8.34. The molecule has 0 bridgehead atoms. The molecule has 7 nitrogen and oxygen atoms in total. The average molecular weight is 408 g/mol. The van der Waals surface area contributed by atoms with Crippen LogP contribution >= 0.6 is 0 Å². The number of carbonyl (C=O) groups is 1. The van der Waals surface area contributed by atoms with E-state index in [1.807, 2.05) is 49.4 Å². The molecule has 0 amide bonds. The summed E-state index contributed by atoms with van der Waals surface area (Å²) in [6.45, 7) is 1.83. The molecule has 0 radical (unpaired) electrons. The van der Waals surface area contributed by atoms with Crippen molar-refractivity contribution in [3.63, 3.8) is 0 Å². The van der Waals surface area contributed by atoms with Crippen LogP contribution in [-0.4, -0.2) is 38.1 Å². The molecule has 1 aliphatic rings. The molecule has 0 saturated carbocycles. The summed E-state index contributed by atoms with van der Waals surface area (Å²) in [4.78, 5) is 17.0. The van der Waals surface area contributed by atoms with Gasteiger partial charge in [0.2, 0.25) is 5.95 Å². The molecular weight excluding hydrogens is 389 g/mol. The Bertz CT molecular complexity index is 910. The van der Waals surface area contributed by atoms with E-state index < -0.39 is 17.9 Å². The Labute approximate surface area is 164 Å². The predicted octanol–water partition coefficient (Wildman–Crippen LogP) is 3.14. The zero-order chi connectivity index (χ0) is 21.7. The molecule has 29 heavy (non-hydrogen) atoms. The van der Waals surface area contributed by atoms with Crippen molar-refractivity contribution in [2.24, 2.45) is 0 Å². The Morgan fingerprint density at radius 3 is 2.41 bits per heavy atom. The van der Waals surface area contributed by atoms with Crippen molar-refractivity contribution in [1.82, 2.24) is 9.97 Å². The minimum absolute atomic E-state index is 0.185. The molecule has 2 aromatic rings. The largest absolute Gasteiger partial charge is 0.490 e. The fourth-order valence-corrected chi connectivity index (χ4v) is 2.55. The molecule has 5 N–H and O–H groups in total. The molecule has 1 aromatic carbocycles. The number of nitrogen functional groups attached to an aromatic ring is 1. The normalized spacial score (nSPS) is 18.3. The molecule has 0 fully saturated rings. The standard InChI is InChI=1S/C17H18N4O.C2HF3O2/c1-12-10-15(20-16(18)19-12)21-17(22)9-5-8-14(11-17)13-6-3-2-4-7-13;3-2(4,5)1(6)7/h2-10,22H,11H2,1H3,(H3,18,19,20,21);(H,6,7). The average Bonchev–Trinajstić information content (AvgIpc) is 2.61. The van der Waals surface area contributed by atoms with E-state index in [1.165, 1.54) is 0 Å². The maximum absolute atomic E-state index is 10.8. The van der Waals surface area contributed by atoms with Gasteiger partial charge in [0, 0.05) is 18.2 Å². The molecule has 154 valence electrons. The van der Waals surface area contributed by atoms with Crippen LogP contribution in [0.5, 0.6) is 0 Å². The zero-order valence-electron chi connectivity index (χ0n) is 15.3. The maximum Gasteiger partial charge on any atom is 0.490 e. The molecule has 1 atom stereocenters. The number of aliphatic carboxylic acids is 1. The number of nitrogens with zero attached hydrogens (tertiary/aromatic N) is 2. The van der Waals surface area contributed by atoms with E-state index in [0.717, 1.165) is 16.8 Å². The van der Waals surface area contributed by atoms with E-state index in [9.17, 15) is 18.3 Å². The van der Waals surface area contributed by atoms with Crippen LogP contribution in [0.1, 0.15) is 17.7 Å². The summed E-state index contributed by atoms with van der Waals surface area (Å²) in [7, 11) is 0. The van der Waals surface area contributed by atoms with Crippen molar-refractivity contribution in [3.8, 4) is 0 Å². The summed E-state index contributed by atoms with van der Waals surface area (Å²) in [6.07, 6.45) is 0.921. The van der Waals surface area contributed by atoms with Crippen LogP contribution in [0.4, 0.5) is 24.9 Å². The van der Waals surface area contributed by atoms with Crippen molar-refractivity contribution in [1.29, 1.82) is 0 Å². The lowest BCUT2D eigenvalue weighted by Gasteiger charge is -2.30. The number of aromatic nitrogens is 2. The molecule has 1 heterocycles. The summed E-state index contributed by atoms with van der Waals surface area (Å²) in [6, 6.07) is 11.7. The highest BCUT2D eigenvalue weighted by Crippen LogP contribution is 2.30. The van der Waals surface area contributed by atoms with Gasteiger partial charge in [-0.2, -0.15) is 18.2 Å². The van der Waals surface area contributed by atoms with Gasteiger partial charge >= 0.3 is 12.1 Å². The third kappa shape index (κ3) is 6.61. The van der Waals surface area contributed by atoms with Crippen molar-refractivity contribution < 1.29 is 28.2 Å². The van der Waals surface area contributed by atoms with Gasteiger partial charge in [0.05, 0.1) is 0 Å². The van der Waals surface area contributed by atoms with Gasteiger partial charge in [-0.3, -0.25) is 0 Å². The SMILES string of the molecule is Cc1cc(NC2(O)C=CC=C(c3ccccc3)C2)nc(N)n1.O=C(O)C(F)(F)F. The van der Waals surface area contributed by atoms with Crippen molar-refractivity contribution in [2.75, 3.05) is 11.1 Å². The lowest BCUT2D eigenvalue weighted by atomic mass is 9.92. The Kier molecular flexibility index (Phi) is 6.60. The third-order valence-corrected chi connectivity index (χ3v) is 3.73. The van der Waals surface area contributed by atoms with Crippen LogP contribution in [0.2, 0.25) is 0 Å². The second-order valence-electron chi connectivity index (χ2n) is 6.20. The molecule has 0 saturated heterocycles. The van der Waals surface area contributed by atoms with E-state index in [1.54, 1.807) is 12.1 Å². The van der Waals surface area contributed by atoms with Crippen molar-refractivity contribution in [3.05, 3.63) is 65.9 Å². The van der Waals surface area contributed by atoms with E-state index in [2.05, 4.69) is 15.3 Å². The van der Waals surface area contributed by atoms with Gasteiger partial charge in [-0.15, -0.1) is 0 Å². The minimum Gasteiger partial charge on any atom is -0.475 e. The first-order chi connectivity index (χ1) is 13.5. The van der Waals surface area contributed by atoms with Crippen LogP contribution in [0.15, 0.2) is 54.6 Å². The molecule has 0 aliphatic heterocycles. The predicted molar refractivity (Wildman–Crippen MR) is 102 cm³/mol. The fourth-order valence-electron chi connectivity index (χ4n) is 2.55. The lowest BCUT2D eigenvalue weighted by molar-refractivity contribution is -0.192. The van der Waals surface area contributed by atoms with Gasteiger partial charge < -0.3 is 21.3 Å². The number of carboxylic acid groups (broad SMARTS) is 1. The quantitative estimate of drug-likeness (QED) is 0.576. The second kappa shape index (κ2) is 8.74. The highest BCUT2D eigenvalue weighted by molar-refractivity contribution is 5.73. The number of halogens is 3. The van der Waals surface area contributed by atoms with Gasteiger partial charge in [-0.05, 0) is 24.1 Å². The van der Waals surface area contributed by atoms with Crippen LogP contribution in [-0.2, 0) is 4.79 Å². The molecule has 1 aromatic heterocycles. The second-order valence-corrected chi connectivity index (χ2v) is 6.20. The van der Waals surface area contributed by atoms with Crippen LogP contribution in [0.3, 0.4) is 0 Å². The number of alkyl halides is 3. The summed E-state index contributed by atoms with van der Waals surface area (Å²) >= 11 is 0. The third-order valence-electron chi connectivity index (χ3n) is 3.73. The molecule has 0 spiro atoms. The van der Waals surface area contributed by atoms with Crippen LogP contribution in [0, 0.1) is 6.92 Å². The fraction of sp³-hybridized carbons (Fsp3) is 0.211. The monoisotopic (exact) mass is 408 g/mol. The zero-order valence-corrected chi connectivity index (χ0v) is 15.3.